The number of benzene rings is 2. The number of amides is 1. The number of aryl methyl sites for hydroxylation is 2. The molecule has 0 spiro atoms. The third kappa shape index (κ3) is 4.56. The Kier molecular flexibility index (Phi) is 5.58. The predicted molar refractivity (Wildman–Crippen MR) is 92.5 cm³/mol. The molecule has 0 saturated heterocycles. The second-order valence-electron chi connectivity index (χ2n) is 5.48. The van der Waals surface area contributed by atoms with Gasteiger partial charge in [0.25, 0.3) is 0 Å². The van der Waals surface area contributed by atoms with Crippen molar-refractivity contribution >= 4 is 21.6 Å². The molecule has 0 bridgehead atoms. The Balaban J connectivity index is 1.93. The van der Waals surface area contributed by atoms with E-state index in [4.69, 9.17) is 0 Å². The zero-order chi connectivity index (χ0) is 17.7. The Morgan fingerprint density at radius 1 is 1.12 bits per heavy atom. The molecule has 2 aromatic rings. The van der Waals surface area contributed by atoms with E-state index in [1.54, 1.807) is 43.3 Å². The zero-order valence-electron chi connectivity index (χ0n) is 13.5. The smallest absolute Gasteiger partial charge is 0.240 e. The Labute approximate surface area is 141 Å². The molecule has 0 aromatic heterocycles. The topological polar surface area (TPSA) is 95.5 Å². The van der Waals surface area contributed by atoms with E-state index in [0.29, 0.717) is 11.3 Å². The molecule has 24 heavy (non-hydrogen) atoms. The second-order valence-corrected chi connectivity index (χ2v) is 7.22. The van der Waals surface area contributed by atoms with Crippen molar-refractivity contribution < 1.29 is 18.3 Å². The minimum Gasteiger partial charge on any atom is -0.506 e. The van der Waals surface area contributed by atoms with Crippen molar-refractivity contribution in [2.75, 3.05) is 11.9 Å². The summed E-state index contributed by atoms with van der Waals surface area (Å²) < 4.78 is 27.0. The number of hydrogen-bond acceptors (Lipinski definition) is 4. The Hall–Kier alpha value is -2.38. The highest BCUT2D eigenvalue weighted by molar-refractivity contribution is 7.89. The van der Waals surface area contributed by atoms with E-state index in [9.17, 15) is 18.3 Å². The molecule has 128 valence electrons. The summed E-state index contributed by atoms with van der Waals surface area (Å²) in [5, 5.41) is 12.1. The van der Waals surface area contributed by atoms with Crippen LogP contribution in [0, 0.1) is 13.8 Å². The van der Waals surface area contributed by atoms with E-state index in [-0.39, 0.29) is 29.5 Å². The van der Waals surface area contributed by atoms with Gasteiger partial charge in [0.15, 0.2) is 0 Å². The number of phenolic OH excluding ortho intramolecular Hbond substituents is 1. The lowest BCUT2D eigenvalue weighted by molar-refractivity contribution is -0.116. The summed E-state index contributed by atoms with van der Waals surface area (Å²) in [6.07, 6.45) is -0.0432. The fraction of sp³-hybridized carbons (Fsp3) is 0.235. The summed E-state index contributed by atoms with van der Waals surface area (Å²) in [4.78, 5) is 12.0. The summed E-state index contributed by atoms with van der Waals surface area (Å²) in [5.74, 6) is -0.429. The van der Waals surface area contributed by atoms with Gasteiger partial charge in [-0.1, -0.05) is 29.8 Å². The number of hydrogen-bond donors (Lipinski definition) is 3. The quantitative estimate of drug-likeness (QED) is 0.698. The molecule has 6 nitrogen and oxygen atoms in total. The molecular weight excluding hydrogens is 328 g/mol. The number of phenols is 1. The molecule has 0 saturated carbocycles. The highest BCUT2D eigenvalue weighted by Crippen LogP contribution is 2.21. The lowest BCUT2D eigenvalue weighted by Crippen LogP contribution is -2.28. The van der Waals surface area contributed by atoms with E-state index in [2.05, 4.69) is 10.0 Å². The SMILES string of the molecule is Cc1ccc(S(=O)(=O)NCCC(=O)Nc2ccccc2O)c(C)c1. The molecule has 0 radical (unpaired) electrons. The Morgan fingerprint density at radius 3 is 2.50 bits per heavy atom. The molecule has 0 unspecified atom stereocenters. The van der Waals surface area contributed by atoms with Crippen LogP contribution in [0.2, 0.25) is 0 Å². The van der Waals surface area contributed by atoms with Crippen LogP contribution in [-0.4, -0.2) is 26.0 Å². The summed E-state index contributed by atoms with van der Waals surface area (Å²) in [7, 11) is -3.66. The second kappa shape index (κ2) is 7.46. The summed E-state index contributed by atoms with van der Waals surface area (Å²) in [6, 6.07) is 11.4. The van der Waals surface area contributed by atoms with Gasteiger partial charge in [0.1, 0.15) is 5.75 Å². The number of nitrogens with one attached hydrogen (secondary N) is 2. The molecule has 0 heterocycles. The van der Waals surface area contributed by atoms with E-state index in [1.807, 2.05) is 6.92 Å². The molecule has 1 amide bonds. The van der Waals surface area contributed by atoms with Gasteiger partial charge in [0.2, 0.25) is 15.9 Å². The minimum atomic E-state index is -3.66. The van der Waals surface area contributed by atoms with Crippen LogP contribution in [0.15, 0.2) is 47.4 Å². The van der Waals surface area contributed by atoms with Crippen molar-refractivity contribution in [3.05, 3.63) is 53.6 Å². The number of para-hydroxylation sites is 2. The molecule has 0 fully saturated rings. The first-order valence-corrected chi connectivity index (χ1v) is 8.92. The molecule has 0 aliphatic rings. The van der Waals surface area contributed by atoms with Gasteiger partial charge in [-0.3, -0.25) is 4.79 Å². The van der Waals surface area contributed by atoms with Crippen molar-refractivity contribution in [1.82, 2.24) is 4.72 Å². The first-order chi connectivity index (χ1) is 11.3. The monoisotopic (exact) mass is 348 g/mol. The number of rotatable bonds is 6. The van der Waals surface area contributed by atoms with Crippen molar-refractivity contribution in [3.63, 3.8) is 0 Å². The van der Waals surface area contributed by atoms with Gasteiger partial charge in [-0.15, -0.1) is 0 Å². The molecule has 0 atom stereocenters. The maximum absolute atomic E-state index is 12.3. The standard InChI is InChI=1S/C17H20N2O4S/c1-12-7-8-16(13(2)11-12)24(22,23)18-10-9-17(21)19-14-5-3-4-6-15(14)20/h3-8,11,18,20H,9-10H2,1-2H3,(H,19,21). The summed E-state index contributed by atoms with van der Waals surface area (Å²) in [6.45, 7) is 3.59. The van der Waals surface area contributed by atoms with Gasteiger partial charge < -0.3 is 10.4 Å². The molecule has 7 heteroatoms. The maximum Gasteiger partial charge on any atom is 0.240 e. The highest BCUT2D eigenvalue weighted by atomic mass is 32.2. The summed E-state index contributed by atoms with van der Waals surface area (Å²) in [5.41, 5.74) is 1.93. The maximum atomic E-state index is 12.3. The number of anilines is 1. The molecule has 2 aromatic carbocycles. The minimum absolute atomic E-state index is 0.0327. The molecule has 3 N–H and O–H groups in total. The van der Waals surface area contributed by atoms with Crippen LogP contribution in [-0.2, 0) is 14.8 Å². The van der Waals surface area contributed by atoms with Crippen molar-refractivity contribution in [3.8, 4) is 5.75 Å². The third-order valence-corrected chi connectivity index (χ3v) is 5.06. The Bertz CT molecular complexity index is 847. The van der Waals surface area contributed by atoms with Crippen molar-refractivity contribution in [2.45, 2.75) is 25.2 Å². The predicted octanol–water partition coefficient (Wildman–Crippen LogP) is 2.32. The van der Waals surface area contributed by atoms with Gasteiger partial charge in [0, 0.05) is 13.0 Å². The van der Waals surface area contributed by atoms with Crippen LogP contribution in [0.4, 0.5) is 5.69 Å². The van der Waals surface area contributed by atoms with Crippen LogP contribution in [0.5, 0.6) is 5.75 Å². The van der Waals surface area contributed by atoms with Gasteiger partial charge in [-0.2, -0.15) is 0 Å². The number of sulfonamides is 1. The van der Waals surface area contributed by atoms with Crippen LogP contribution >= 0.6 is 0 Å². The number of carbonyl (C=O) groups excluding carboxylic acids is 1. The normalized spacial score (nSPS) is 11.2. The van der Waals surface area contributed by atoms with Gasteiger partial charge >= 0.3 is 0 Å². The molecule has 0 aliphatic carbocycles. The van der Waals surface area contributed by atoms with Crippen molar-refractivity contribution in [2.24, 2.45) is 0 Å². The molecule has 2 rings (SSSR count). The van der Waals surface area contributed by atoms with Gasteiger partial charge in [-0.25, -0.2) is 13.1 Å². The highest BCUT2D eigenvalue weighted by Gasteiger charge is 2.16. The summed E-state index contributed by atoms with van der Waals surface area (Å²) >= 11 is 0. The van der Waals surface area contributed by atoms with Crippen molar-refractivity contribution in [1.29, 1.82) is 0 Å². The average Bonchev–Trinajstić information content (AvgIpc) is 2.49. The fourth-order valence-electron chi connectivity index (χ4n) is 2.27. The van der Waals surface area contributed by atoms with Crippen LogP contribution in [0.3, 0.4) is 0 Å². The van der Waals surface area contributed by atoms with Crippen LogP contribution < -0.4 is 10.0 Å². The third-order valence-electron chi connectivity index (χ3n) is 3.44. The number of aromatic hydroxyl groups is 1. The van der Waals surface area contributed by atoms with E-state index in [0.717, 1.165) is 5.56 Å². The average molecular weight is 348 g/mol. The van der Waals surface area contributed by atoms with Crippen LogP contribution in [0.25, 0.3) is 0 Å². The molecular formula is C17H20N2O4S. The lowest BCUT2D eigenvalue weighted by Gasteiger charge is -2.10. The van der Waals surface area contributed by atoms with Gasteiger partial charge in [-0.05, 0) is 37.6 Å². The Morgan fingerprint density at radius 2 is 1.83 bits per heavy atom. The number of carbonyl (C=O) groups is 1. The first kappa shape index (κ1) is 18.0. The molecule has 0 aliphatic heterocycles. The van der Waals surface area contributed by atoms with E-state index < -0.39 is 10.0 Å². The largest absolute Gasteiger partial charge is 0.506 e. The van der Waals surface area contributed by atoms with Gasteiger partial charge in [0.05, 0.1) is 10.6 Å². The lowest BCUT2D eigenvalue weighted by atomic mass is 10.2. The van der Waals surface area contributed by atoms with Crippen LogP contribution in [0.1, 0.15) is 17.5 Å². The first-order valence-electron chi connectivity index (χ1n) is 7.44. The van der Waals surface area contributed by atoms with E-state index >= 15 is 0 Å². The zero-order valence-corrected chi connectivity index (χ0v) is 14.4. The fourth-order valence-corrected chi connectivity index (χ4v) is 3.53. The van der Waals surface area contributed by atoms with E-state index in [1.165, 1.54) is 6.07 Å².